The lowest BCUT2D eigenvalue weighted by atomic mass is 10.1. The second kappa shape index (κ2) is 6.75. The highest BCUT2D eigenvalue weighted by atomic mass is 35.5. The van der Waals surface area contributed by atoms with Crippen LogP contribution < -0.4 is 4.90 Å². The van der Waals surface area contributed by atoms with Crippen molar-refractivity contribution in [2.24, 2.45) is 0 Å². The second-order valence-corrected chi connectivity index (χ2v) is 8.37. The predicted octanol–water partition coefficient (Wildman–Crippen LogP) is 4.76. The van der Waals surface area contributed by atoms with Crippen LogP contribution in [0.2, 0.25) is 10.0 Å². The minimum atomic E-state index is -3.73. The van der Waals surface area contributed by atoms with Crippen molar-refractivity contribution in [1.82, 2.24) is 3.97 Å². The molecule has 25 heavy (non-hydrogen) atoms. The topological polar surface area (TPSA) is 42.3 Å². The molecule has 0 amide bonds. The van der Waals surface area contributed by atoms with Crippen molar-refractivity contribution in [2.75, 3.05) is 19.0 Å². The van der Waals surface area contributed by atoms with E-state index in [-0.39, 0.29) is 4.90 Å². The first-order valence-electron chi connectivity index (χ1n) is 7.46. The predicted molar refractivity (Wildman–Crippen MR) is 103 cm³/mol. The lowest BCUT2D eigenvalue weighted by molar-refractivity contribution is 0.588. The number of anilines is 1. The molecule has 1 heterocycles. The molecule has 0 N–H and O–H groups in total. The van der Waals surface area contributed by atoms with Gasteiger partial charge in [-0.25, -0.2) is 12.4 Å². The molecule has 1 aromatic heterocycles. The molecule has 3 aromatic rings. The SMILES string of the molecule is CN(C)c1ccc(-c2cccn2S(=O)(=O)c2ccc(Cl)cc2)cc1Cl. The van der Waals surface area contributed by atoms with Gasteiger partial charge < -0.3 is 4.90 Å². The summed E-state index contributed by atoms with van der Waals surface area (Å²) in [7, 11) is 0.0688. The van der Waals surface area contributed by atoms with E-state index < -0.39 is 10.0 Å². The van der Waals surface area contributed by atoms with E-state index in [9.17, 15) is 8.42 Å². The first-order valence-corrected chi connectivity index (χ1v) is 9.66. The molecule has 0 aliphatic heterocycles. The zero-order valence-electron chi connectivity index (χ0n) is 13.6. The minimum Gasteiger partial charge on any atom is -0.376 e. The molecule has 0 fully saturated rings. The van der Waals surface area contributed by atoms with Crippen molar-refractivity contribution >= 4 is 38.9 Å². The Kier molecular flexibility index (Phi) is 4.82. The fourth-order valence-electron chi connectivity index (χ4n) is 2.55. The van der Waals surface area contributed by atoms with E-state index in [4.69, 9.17) is 23.2 Å². The van der Waals surface area contributed by atoms with Crippen molar-refractivity contribution in [2.45, 2.75) is 4.90 Å². The monoisotopic (exact) mass is 394 g/mol. The number of rotatable bonds is 4. The third kappa shape index (κ3) is 3.40. The van der Waals surface area contributed by atoms with E-state index in [0.717, 1.165) is 11.3 Å². The maximum Gasteiger partial charge on any atom is 0.268 e. The van der Waals surface area contributed by atoms with E-state index >= 15 is 0 Å². The smallest absolute Gasteiger partial charge is 0.268 e. The first kappa shape index (κ1) is 17.9. The van der Waals surface area contributed by atoms with Crippen LogP contribution in [0.5, 0.6) is 0 Å². The van der Waals surface area contributed by atoms with E-state index in [0.29, 0.717) is 15.7 Å². The van der Waals surface area contributed by atoms with Crippen LogP contribution in [-0.2, 0) is 10.0 Å². The first-order chi connectivity index (χ1) is 11.8. The number of aromatic nitrogens is 1. The van der Waals surface area contributed by atoms with Gasteiger partial charge in [0.15, 0.2) is 0 Å². The molecule has 0 radical (unpaired) electrons. The minimum absolute atomic E-state index is 0.172. The molecular formula is C18H16Cl2N2O2S. The highest BCUT2D eigenvalue weighted by molar-refractivity contribution is 7.90. The van der Waals surface area contributed by atoms with Gasteiger partial charge in [0.25, 0.3) is 10.0 Å². The summed E-state index contributed by atoms with van der Waals surface area (Å²) in [5, 5.41) is 1.04. The van der Waals surface area contributed by atoms with E-state index in [1.54, 1.807) is 30.3 Å². The summed E-state index contributed by atoms with van der Waals surface area (Å²) in [4.78, 5) is 2.07. The molecule has 0 aliphatic carbocycles. The van der Waals surface area contributed by atoms with Crippen LogP contribution in [0.1, 0.15) is 0 Å². The summed E-state index contributed by atoms with van der Waals surface area (Å²) in [5.41, 5.74) is 2.13. The average Bonchev–Trinajstić information content (AvgIpc) is 3.05. The molecular weight excluding hydrogens is 379 g/mol. The average molecular weight is 395 g/mol. The summed E-state index contributed by atoms with van der Waals surface area (Å²) in [6.07, 6.45) is 1.52. The molecule has 4 nitrogen and oxygen atoms in total. The Balaban J connectivity index is 2.09. The summed E-state index contributed by atoms with van der Waals surface area (Å²) < 4.78 is 27.1. The molecule has 0 atom stereocenters. The molecule has 0 unspecified atom stereocenters. The van der Waals surface area contributed by atoms with Crippen molar-refractivity contribution in [3.63, 3.8) is 0 Å². The Morgan fingerprint density at radius 3 is 2.24 bits per heavy atom. The van der Waals surface area contributed by atoms with Crippen LogP contribution >= 0.6 is 23.2 Å². The summed E-state index contributed by atoms with van der Waals surface area (Å²) in [6.45, 7) is 0. The van der Waals surface area contributed by atoms with E-state index in [2.05, 4.69) is 0 Å². The van der Waals surface area contributed by atoms with E-state index in [1.165, 1.54) is 22.3 Å². The van der Waals surface area contributed by atoms with Crippen LogP contribution in [0, 0.1) is 0 Å². The highest BCUT2D eigenvalue weighted by Gasteiger charge is 2.20. The van der Waals surface area contributed by atoms with Gasteiger partial charge in [-0.2, -0.15) is 0 Å². The maximum absolute atomic E-state index is 12.9. The number of hydrogen-bond donors (Lipinski definition) is 0. The van der Waals surface area contributed by atoms with Crippen LogP contribution in [0.3, 0.4) is 0 Å². The van der Waals surface area contributed by atoms with Crippen LogP contribution in [0.25, 0.3) is 11.3 Å². The van der Waals surface area contributed by atoms with Crippen molar-refractivity contribution in [3.05, 3.63) is 70.8 Å². The third-order valence-corrected chi connectivity index (χ3v) is 6.07. The van der Waals surface area contributed by atoms with Crippen molar-refractivity contribution in [1.29, 1.82) is 0 Å². The quantitative estimate of drug-likeness (QED) is 0.640. The third-order valence-electron chi connectivity index (χ3n) is 3.81. The van der Waals surface area contributed by atoms with Gasteiger partial charge in [-0.1, -0.05) is 29.3 Å². The second-order valence-electron chi connectivity index (χ2n) is 5.71. The van der Waals surface area contributed by atoms with Crippen molar-refractivity contribution < 1.29 is 8.42 Å². The van der Waals surface area contributed by atoms with Gasteiger partial charge in [-0.3, -0.25) is 0 Å². The number of hydrogen-bond acceptors (Lipinski definition) is 3. The standard InChI is InChI=1S/C18H16Cl2N2O2S/c1-21(2)18-10-5-13(12-16(18)20)17-4-3-11-22(17)25(23,24)15-8-6-14(19)7-9-15/h3-12H,1-2H3. The maximum atomic E-state index is 12.9. The molecule has 0 spiro atoms. The Hall–Kier alpha value is -1.95. The Morgan fingerprint density at radius 1 is 0.960 bits per heavy atom. The molecule has 0 saturated carbocycles. The summed E-state index contributed by atoms with van der Waals surface area (Å²) in [6, 6.07) is 15.0. The van der Waals surface area contributed by atoms with Gasteiger partial charge in [0.1, 0.15) is 0 Å². The molecule has 130 valence electrons. The lowest BCUT2D eigenvalue weighted by Gasteiger charge is -2.16. The Morgan fingerprint density at radius 2 is 1.64 bits per heavy atom. The highest BCUT2D eigenvalue weighted by Crippen LogP contribution is 2.32. The number of halogens is 2. The normalized spacial score (nSPS) is 11.5. The molecule has 7 heteroatoms. The van der Waals surface area contributed by atoms with Gasteiger partial charge in [0.05, 0.1) is 21.3 Å². The largest absolute Gasteiger partial charge is 0.376 e. The van der Waals surface area contributed by atoms with Crippen LogP contribution in [0.4, 0.5) is 5.69 Å². The summed E-state index contributed by atoms with van der Waals surface area (Å²) >= 11 is 12.2. The fraction of sp³-hybridized carbons (Fsp3) is 0.111. The number of nitrogens with zero attached hydrogens (tertiary/aromatic N) is 2. The van der Waals surface area contributed by atoms with Gasteiger partial charge in [0, 0.05) is 30.9 Å². The van der Waals surface area contributed by atoms with Gasteiger partial charge in [-0.15, -0.1) is 0 Å². The molecule has 0 bridgehead atoms. The number of benzene rings is 2. The van der Waals surface area contributed by atoms with Gasteiger partial charge >= 0.3 is 0 Å². The molecule has 0 aliphatic rings. The fourth-order valence-corrected chi connectivity index (χ4v) is 4.39. The van der Waals surface area contributed by atoms with Crippen LogP contribution in [-0.4, -0.2) is 26.5 Å². The Labute approximate surface area is 157 Å². The molecule has 0 saturated heterocycles. The zero-order chi connectivity index (χ0) is 18.2. The van der Waals surface area contributed by atoms with Crippen molar-refractivity contribution in [3.8, 4) is 11.3 Å². The van der Waals surface area contributed by atoms with Gasteiger partial charge in [-0.05, 0) is 48.5 Å². The molecule has 3 rings (SSSR count). The lowest BCUT2D eigenvalue weighted by Crippen LogP contribution is -2.13. The zero-order valence-corrected chi connectivity index (χ0v) is 16.0. The van der Waals surface area contributed by atoms with Crippen LogP contribution in [0.15, 0.2) is 65.7 Å². The van der Waals surface area contributed by atoms with Gasteiger partial charge in [0.2, 0.25) is 0 Å². The Bertz CT molecular complexity index is 1010. The summed E-state index contributed by atoms with van der Waals surface area (Å²) in [5.74, 6) is 0. The molecule has 2 aromatic carbocycles. The van der Waals surface area contributed by atoms with E-state index in [1.807, 2.05) is 31.1 Å².